The van der Waals surface area contributed by atoms with Gasteiger partial charge in [0.15, 0.2) is 5.96 Å². The molecule has 0 radical (unpaired) electrons. The van der Waals surface area contributed by atoms with Crippen LogP contribution in [0.1, 0.15) is 5.56 Å². The van der Waals surface area contributed by atoms with Crippen LogP contribution < -0.4 is 15.1 Å². The molecule has 8 nitrogen and oxygen atoms in total. The number of halogens is 2. The maximum absolute atomic E-state index is 14.6. The normalized spacial score (nSPS) is 17.4. The van der Waals surface area contributed by atoms with Gasteiger partial charge in [-0.3, -0.25) is 4.99 Å². The second-order valence-corrected chi connectivity index (χ2v) is 7.31. The summed E-state index contributed by atoms with van der Waals surface area (Å²) in [5, 5.41) is 3.36. The first-order valence-electron chi connectivity index (χ1n) is 10.3. The molecule has 2 aliphatic heterocycles. The molecule has 0 aliphatic carbocycles. The number of hydrogen-bond donors (Lipinski definition) is 1. The van der Waals surface area contributed by atoms with Crippen LogP contribution in [-0.4, -0.2) is 80.4 Å². The number of ether oxygens (including phenoxy) is 1. The molecule has 2 fully saturated rings. The van der Waals surface area contributed by atoms with Crippen LogP contribution in [0.25, 0.3) is 0 Å². The Labute approximate surface area is 199 Å². The highest BCUT2D eigenvalue weighted by atomic mass is 127. The van der Waals surface area contributed by atoms with E-state index < -0.39 is 0 Å². The summed E-state index contributed by atoms with van der Waals surface area (Å²) in [6.45, 7) is 6.55. The maximum Gasteiger partial charge on any atom is 0.225 e. The molecular weight excluding hydrogens is 512 g/mol. The molecule has 3 heterocycles. The van der Waals surface area contributed by atoms with Crippen molar-refractivity contribution in [2.24, 2.45) is 4.99 Å². The molecule has 0 bridgehead atoms. The van der Waals surface area contributed by atoms with Gasteiger partial charge in [0, 0.05) is 65.3 Å². The fourth-order valence-corrected chi connectivity index (χ4v) is 3.81. The maximum atomic E-state index is 14.6. The summed E-state index contributed by atoms with van der Waals surface area (Å²) in [4.78, 5) is 19.5. The van der Waals surface area contributed by atoms with Gasteiger partial charge in [0.05, 0.1) is 18.9 Å². The van der Waals surface area contributed by atoms with Gasteiger partial charge in [-0.05, 0) is 23.8 Å². The molecule has 1 N–H and O–H groups in total. The predicted molar refractivity (Wildman–Crippen MR) is 131 cm³/mol. The first-order chi connectivity index (χ1) is 14.7. The number of guanidine groups is 1. The smallest absolute Gasteiger partial charge is 0.225 e. The largest absolute Gasteiger partial charge is 0.378 e. The quantitative estimate of drug-likeness (QED) is 0.361. The third kappa shape index (κ3) is 5.94. The second kappa shape index (κ2) is 11.4. The number of benzene rings is 1. The first kappa shape index (κ1) is 23.5. The summed E-state index contributed by atoms with van der Waals surface area (Å²) in [5.41, 5.74) is 1.53. The number of hydrogen-bond acceptors (Lipinski definition) is 6. The molecule has 168 valence electrons. The highest BCUT2D eigenvalue weighted by Gasteiger charge is 2.21. The number of anilines is 2. The van der Waals surface area contributed by atoms with Crippen LogP contribution in [0.4, 0.5) is 16.0 Å². The van der Waals surface area contributed by atoms with E-state index in [-0.39, 0.29) is 29.8 Å². The number of nitrogens with one attached hydrogen (secondary N) is 1. The molecule has 10 heteroatoms. The molecule has 0 saturated carbocycles. The van der Waals surface area contributed by atoms with Gasteiger partial charge in [-0.15, -0.1) is 24.0 Å². The lowest BCUT2D eigenvalue weighted by Crippen LogP contribution is -2.52. The van der Waals surface area contributed by atoms with E-state index in [9.17, 15) is 4.39 Å². The van der Waals surface area contributed by atoms with Crippen molar-refractivity contribution in [2.45, 2.75) is 6.54 Å². The Kier molecular flexibility index (Phi) is 8.64. The zero-order valence-electron chi connectivity index (χ0n) is 17.7. The number of piperazine rings is 1. The van der Waals surface area contributed by atoms with E-state index in [2.05, 4.69) is 30.1 Å². The van der Waals surface area contributed by atoms with E-state index in [1.54, 1.807) is 25.5 Å². The van der Waals surface area contributed by atoms with Crippen molar-refractivity contribution < 1.29 is 9.13 Å². The van der Waals surface area contributed by atoms with Crippen molar-refractivity contribution in [3.05, 3.63) is 48.0 Å². The molecule has 0 unspecified atom stereocenters. The van der Waals surface area contributed by atoms with Gasteiger partial charge in [-0.1, -0.05) is 6.07 Å². The van der Waals surface area contributed by atoms with Gasteiger partial charge in [-0.25, -0.2) is 14.4 Å². The minimum absolute atomic E-state index is 0. The Morgan fingerprint density at radius 2 is 1.77 bits per heavy atom. The Balaban J connectivity index is 0.00000272. The number of rotatable bonds is 4. The summed E-state index contributed by atoms with van der Waals surface area (Å²) in [6.07, 6.45) is 3.53. The standard InChI is InChI=1S/C21H28FN7O.HI/c1-23-20(28-7-9-29(10-8-28)21-24-5-2-6-25-21)26-16-17-3-4-19(18(22)15-17)27-11-13-30-14-12-27;/h2-6,15H,7-14,16H2,1H3,(H,23,26);1H. The van der Waals surface area contributed by atoms with Crippen molar-refractivity contribution in [1.29, 1.82) is 0 Å². The van der Waals surface area contributed by atoms with E-state index >= 15 is 0 Å². The Morgan fingerprint density at radius 3 is 2.42 bits per heavy atom. The van der Waals surface area contributed by atoms with Crippen LogP contribution in [0, 0.1) is 5.82 Å². The van der Waals surface area contributed by atoms with Crippen LogP contribution in [0.5, 0.6) is 0 Å². The average molecular weight is 541 g/mol. The minimum Gasteiger partial charge on any atom is -0.378 e. The summed E-state index contributed by atoms with van der Waals surface area (Å²) < 4.78 is 20.0. The Morgan fingerprint density at radius 1 is 1.06 bits per heavy atom. The van der Waals surface area contributed by atoms with Crippen LogP contribution in [0.3, 0.4) is 0 Å². The van der Waals surface area contributed by atoms with Crippen LogP contribution in [0.15, 0.2) is 41.7 Å². The Bertz CT molecular complexity index is 856. The van der Waals surface area contributed by atoms with Crippen molar-refractivity contribution >= 4 is 41.6 Å². The molecule has 0 spiro atoms. The minimum atomic E-state index is -0.192. The molecular formula is C21H29FIN7O. The van der Waals surface area contributed by atoms with E-state index in [0.717, 1.165) is 56.7 Å². The lowest BCUT2D eigenvalue weighted by molar-refractivity contribution is 0.122. The predicted octanol–water partition coefficient (Wildman–Crippen LogP) is 1.97. The van der Waals surface area contributed by atoms with Crippen molar-refractivity contribution in [1.82, 2.24) is 20.2 Å². The second-order valence-electron chi connectivity index (χ2n) is 7.31. The zero-order chi connectivity index (χ0) is 20.8. The van der Waals surface area contributed by atoms with Gasteiger partial charge < -0.3 is 24.8 Å². The molecule has 31 heavy (non-hydrogen) atoms. The summed E-state index contributed by atoms with van der Waals surface area (Å²) in [7, 11) is 1.77. The van der Waals surface area contributed by atoms with Crippen LogP contribution in [-0.2, 0) is 11.3 Å². The topological polar surface area (TPSA) is 69.1 Å². The number of aliphatic imine (C=N–C) groups is 1. The molecule has 2 aliphatic rings. The van der Waals surface area contributed by atoms with E-state index in [0.29, 0.717) is 25.4 Å². The summed E-state index contributed by atoms with van der Waals surface area (Å²) in [5.74, 6) is 1.39. The molecule has 2 aromatic rings. The molecule has 0 atom stereocenters. The van der Waals surface area contributed by atoms with Crippen molar-refractivity contribution in [3.63, 3.8) is 0 Å². The third-order valence-electron chi connectivity index (χ3n) is 5.44. The van der Waals surface area contributed by atoms with Crippen molar-refractivity contribution in [2.75, 3.05) is 69.3 Å². The fourth-order valence-electron chi connectivity index (χ4n) is 3.81. The monoisotopic (exact) mass is 541 g/mol. The molecule has 0 amide bonds. The fraction of sp³-hybridized carbons (Fsp3) is 0.476. The number of morpholine rings is 1. The first-order valence-corrected chi connectivity index (χ1v) is 10.3. The highest BCUT2D eigenvalue weighted by Crippen LogP contribution is 2.21. The SMILES string of the molecule is CN=C(NCc1ccc(N2CCOCC2)c(F)c1)N1CCN(c2ncccn2)CC1.I. The third-order valence-corrected chi connectivity index (χ3v) is 5.44. The molecule has 2 saturated heterocycles. The van der Waals surface area contributed by atoms with Gasteiger partial charge in [0.2, 0.25) is 5.95 Å². The summed E-state index contributed by atoms with van der Waals surface area (Å²) >= 11 is 0. The van der Waals surface area contributed by atoms with Crippen molar-refractivity contribution in [3.8, 4) is 0 Å². The van der Waals surface area contributed by atoms with E-state index in [4.69, 9.17) is 4.74 Å². The number of nitrogens with zero attached hydrogens (tertiary/aromatic N) is 6. The lowest BCUT2D eigenvalue weighted by Gasteiger charge is -2.36. The van der Waals surface area contributed by atoms with Crippen LogP contribution in [0.2, 0.25) is 0 Å². The van der Waals surface area contributed by atoms with Gasteiger partial charge in [0.1, 0.15) is 5.82 Å². The molecule has 1 aromatic heterocycles. The van der Waals surface area contributed by atoms with Gasteiger partial charge in [0.25, 0.3) is 0 Å². The number of aromatic nitrogens is 2. The Hall–Kier alpha value is -2.21. The average Bonchev–Trinajstić information content (AvgIpc) is 2.81. The van der Waals surface area contributed by atoms with E-state index in [1.165, 1.54) is 0 Å². The van der Waals surface area contributed by atoms with Crippen LogP contribution >= 0.6 is 24.0 Å². The molecule has 1 aromatic carbocycles. The van der Waals surface area contributed by atoms with Gasteiger partial charge >= 0.3 is 0 Å². The zero-order valence-corrected chi connectivity index (χ0v) is 20.0. The molecule has 4 rings (SSSR count). The van der Waals surface area contributed by atoms with E-state index in [1.807, 2.05) is 23.1 Å². The lowest BCUT2D eigenvalue weighted by atomic mass is 10.1. The summed E-state index contributed by atoms with van der Waals surface area (Å²) in [6, 6.07) is 7.26. The van der Waals surface area contributed by atoms with Gasteiger partial charge in [-0.2, -0.15) is 0 Å². The highest BCUT2D eigenvalue weighted by molar-refractivity contribution is 14.0.